The van der Waals surface area contributed by atoms with Crippen LogP contribution in [0.15, 0.2) is 42.5 Å². The van der Waals surface area contributed by atoms with Crippen LogP contribution >= 0.6 is 23.2 Å². The molecular formula is C16H14Cl2O2. The summed E-state index contributed by atoms with van der Waals surface area (Å²) < 4.78 is 5.62. The summed E-state index contributed by atoms with van der Waals surface area (Å²) in [5.41, 5.74) is 1.73. The number of fused-ring (bicyclic) bond motifs is 1. The molecule has 0 spiro atoms. The molecule has 0 saturated heterocycles. The second-order valence-corrected chi connectivity index (χ2v) is 5.74. The summed E-state index contributed by atoms with van der Waals surface area (Å²) in [6.07, 6.45) is 0.0988. The second kappa shape index (κ2) is 5.65. The number of aliphatic hydroxyl groups excluding tert-OH is 1. The van der Waals surface area contributed by atoms with Gasteiger partial charge in [-0.2, -0.15) is 0 Å². The van der Waals surface area contributed by atoms with Crippen molar-refractivity contribution in [2.75, 3.05) is 6.61 Å². The summed E-state index contributed by atoms with van der Waals surface area (Å²) in [5, 5.41) is 11.7. The minimum absolute atomic E-state index is 0.0152. The van der Waals surface area contributed by atoms with Crippen LogP contribution < -0.4 is 4.74 Å². The van der Waals surface area contributed by atoms with Crippen LogP contribution in [0.5, 0.6) is 5.75 Å². The smallest absolute Gasteiger partial charge is 0.122 e. The van der Waals surface area contributed by atoms with Crippen molar-refractivity contribution >= 4 is 23.2 Å². The minimum atomic E-state index is -0.662. The molecule has 2 unspecified atom stereocenters. The van der Waals surface area contributed by atoms with Crippen molar-refractivity contribution in [2.45, 2.75) is 18.4 Å². The topological polar surface area (TPSA) is 29.5 Å². The third-order valence-corrected chi connectivity index (χ3v) is 4.23. The third-order valence-electron chi connectivity index (χ3n) is 3.67. The molecule has 1 heterocycles. The number of hydrogen-bond donors (Lipinski definition) is 1. The van der Waals surface area contributed by atoms with Crippen LogP contribution in [0, 0.1) is 0 Å². The van der Waals surface area contributed by atoms with Gasteiger partial charge in [0.25, 0.3) is 0 Å². The van der Waals surface area contributed by atoms with Crippen molar-refractivity contribution in [3.63, 3.8) is 0 Å². The summed E-state index contributed by atoms with van der Waals surface area (Å²) in [6.45, 7) is 0.601. The molecule has 1 aliphatic rings. The van der Waals surface area contributed by atoms with Crippen molar-refractivity contribution in [2.24, 2.45) is 0 Å². The van der Waals surface area contributed by atoms with Crippen LogP contribution in [0.2, 0.25) is 10.0 Å². The van der Waals surface area contributed by atoms with E-state index in [-0.39, 0.29) is 5.92 Å². The van der Waals surface area contributed by atoms with Crippen LogP contribution in [-0.4, -0.2) is 11.7 Å². The molecule has 0 fully saturated rings. The summed E-state index contributed by atoms with van der Waals surface area (Å²) in [6, 6.07) is 13.0. The van der Waals surface area contributed by atoms with Gasteiger partial charge in [-0.05, 0) is 30.2 Å². The fourth-order valence-electron chi connectivity index (χ4n) is 2.66. The lowest BCUT2D eigenvalue weighted by Crippen LogP contribution is -2.20. The Morgan fingerprint density at radius 2 is 1.95 bits per heavy atom. The van der Waals surface area contributed by atoms with Crippen molar-refractivity contribution in [1.82, 2.24) is 0 Å². The molecule has 1 N–H and O–H groups in total. The Labute approximate surface area is 127 Å². The van der Waals surface area contributed by atoms with Gasteiger partial charge in [-0.3, -0.25) is 0 Å². The van der Waals surface area contributed by atoms with E-state index in [1.54, 1.807) is 18.2 Å². The Morgan fingerprint density at radius 1 is 1.15 bits per heavy atom. The van der Waals surface area contributed by atoms with E-state index in [1.807, 2.05) is 24.3 Å². The third kappa shape index (κ3) is 2.51. The van der Waals surface area contributed by atoms with Crippen LogP contribution in [-0.2, 0) is 0 Å². The lowest BCUT2D eigenvalue weighted by Gasteiger charge is -2.30. The fraction of sp³-hybridized carbons (Fsp3) is 0.250. The van der Waals surface area contributed by atoms with Crippen molar-refractivity contribution in [3.05, 3.63) is 63.6 Å². The molecule has 0 saturated carbocycles. The van der Waals surface area contributed by atoms with Gasteiger partial charge in [-0.1, -0.05) is 47.5 Å². The van der Waals surface area contributed by atoms with E-state index in [2.05, 4.69) is 0 Å². The highest BCUT2D eigenvalue weighted by Gasteiger charge is 2.29. The first-order chi connectivity index (χ1) is 9.66. The van der Waals surface area contributed by atoms with Gasteiger partial charge >= 0.3 is 0 Å². The first kappa shape index (κ1) is 13.7. The van der Waals surface area contributed by atoms with E-state index in [1.165, 1.54) is 0 Å². The van der Waals surface area contributed by atoms with Crippen molar-refractivity contribution in [3.8, 4) is 5.75 Å². The van der Waals surface area contributed by atoms with Crippen LogP contribution in [0.4, 0.5) is 0 Å². The maximum atomic E-state index is 10.7. The summed E-state index contributed by atoms with van der Waals surface area (Å²) in [5.74, 6) is 0.825. The molecule has 0 aromatic heterocycles. The first-order valence-electron chi connectivity index (χ1n) is 6.51. The van der Waals surface area contributed by atoms with Gasteiger partial charge in [0.15, 0.2) is 0 Å². The first-order valence-corrected chi connectivity index (χ1v) is 7.27. The number of aliphatic hydroxyl groups is 1. The number of para-hydroxylation sites is 1. The van der Waals surface area contributed by atoms with Gasteiger partial charge < -0.3 is 9.84 Å². The molecule has 2 nitrogen and oxygen atoms in total. The fourth-order valence-corrected chi connectivity index (χ4v) is 3.18. The monoisotopic (exact) mass is 308 g/mol. The number of ether oxygens (including phenoxy) is 1. The standard InChI is InChI=1S/C16H14Cl2O2/c17-10-5-6-13(14(18)9-10)16(19)12-7-8-20-15-4-2-1-3-11(12)15/h1-6,9,12,16,19H,7-8H2. The van der Waals surface area contributed by atoms with Crippen molar-refractivity contribution in [1.29, 1.82) is 0 Å². The van der Waals surface area contributed by atoms with E-state index in [0.717, 1.165) is 17.7 Å². The predicted octanol–water partition coefficient (Wildman–Crippen LogP) is 4.59. The van der Waals surface area contributed by atoms with Crippen LogP contribution in [0.3, 0.4) is 0 Å². The Hall–Kier alpha value is -1.22. The number of hydrogen-bond acceptors (Lipinski definition) is 2. The highest BCUT2D eigenvalue weighted by atomic mass is 35.5. The van der Waals surface area contributed by atoms with Gasteiger partial charge in [-0.25, -0.2) is 0 Å². The zero-order valence-electron chi connectivity index (χ0n) is 10.7. The molecular weight excluding hydrogens is 295 g/mol. The molecule has 1 aliphatic heterocycles. The van der Waals surface area contributed by atoms with Gasteiger partial charge in [0.1, 0.15) is 5.75 Å². The second-order valence-electron chi connectivity index (χ2n) is 4.89. The van der Waals surface area contributed by atoms with E-state index >= 15 is 0 Å². The molecule has 0 aliphatic carbocycles. The SMILES string of the molecule is OC(c1ccc(Cl)cc1Cl)C1CCOc2ccccc21. The Kier molecular flexibility index (Phi) is 3.88. The lowest BCUT2D eigenvalue weighted by atomic mass is 9.85. The molecule has 0 amide bonds. The van der Waals surface area contributed by atoms with Crippen LogP contribution in [0.1, 0.15) is 29.6 Å². The average Bonchev–Trinajstić information content (AvgIpc) is 2.46. The maximum absolute atomic E-state index is 10.7. The molecule has 0 radical (unpaired) electrons. The largest absolute Gasteiger partial charge is 0.493 e. The molecule has 104 valence electrons. The quantitative estimate of drug-likeness (QED) is 0.879. The molecule has 2 aromatic rings. The number of rotatable bonds is 2. The summed E-state index contributed by atoms with van der Waals surface area (Å²) in [7, 11) is 0. The highest BCUT2D eigenvalue weighted by Crippen LogP contribution is 2.43. The normalized spacial score (nSPS) is 19.1. The zero-order chi connectivity index (χ0) is 14.1. The highest BCUT2D eigenvalue weighted by molar-refractivity contribution is 6.35. The van der Waals surface area contributed by atoms with Crippen LogP contribution in [0.25, 0.3) is 0 Å². The summed E-state index contributed by atoms with van der Waals surface area (Å²) in [4.78, 5) is 0. The molecule has 4 heteroatoms. The van der Waals surface area contributed by atoms with Gasteiger partial charge in [0.05, 0.1) is 12.7 Å². The molecule has 2 aromatic carbocycles. The van der Waals surface area contributed by atoms with E-state index in [4.69, 9.17) is 27.9 Å². The predicted molar refractivity (Wildman–Crippen MR) is 80.7 cm³/mol. The van der Waals surface area contributed by atoms with Gasteiger partial charge in [0, 0.05) is 21.5 Å². The van der Waals surface area contributed by atoms with Gasteiger partial charge in [0.2, 0.25) is 0 Å². The molecule has 0 bridgehead atoms. The molecule has 20 heavy (non-hydrogen) atoms. The number of benzene rings is 2. The number of halogens is 2. The Morgan fingerprint density at radius 3 is 2.75 bits per heavy atom. The lowest BCUT2D eigenvalue weighted by molar-refractivity contribution is 0.117. The van der Waals surface area contributed by atoms with E-state index in [9.17, 15) is 5.11 Å². The van der Waals surface area contributed by atoms with Gasteiger partial charge in [-0.15, -0.1) is 0 Å². The zero-order valence-corrected chi connectivity index (χ0v) is 12.2. The van der Waals surface area contributed by atoms with E-state index < -0.39 is 6.10 Å². The average molecular weight is 309 g/mol. The van der Waals surface area contributed by atoms with Crippen molar-refractivity contribution < 1.29 is 9.84 Å². The summed E-state index contributed by atoms with van der Waals surface area (Å²) >= 11 is 12.1. The Balaban J connectivity index is 1.97. The molecule has 2 atom stereocenters. The van der Waals surface area contributed by atoms with E-state index in [0.29, 0.717) is 22.2 Å². The maximum Gasteiger partial charge on any atom is 0.122 e. The Bertz CT molecular complexity index is 628. The molecule has 3 rings (SSSR count). The minimum Gasteiger partial charge on any atom is -0.493 e.